The first kappa shape index (κ1) is 18.0. The van der Waals surface area contributed by atoms with E-state index in [1.165, 1.54) is 0 Å². The third-order valence-electron chi connectivity index (χ3n) is 6.22. The summed E-state index contributed by atoms with van der Waals surface area (Å²) in [5.41, 5.74) is 2.30. The summed E-state index contributed by atoms with van der Waals surface area (Å²) >= 11 is 8.04. The zero-order valence-corrected chi connectivity index (χ0v) is 16.9. The number of hydrogen-bond acceptors (Lipinski definition) is 4. The summed E-state index contributed by atoms with van der Waals surface area (Å²) in [6, 6.07) is 13.4. The number of para-hydroxylation sites is 1. The highest BCUT2D eigenvalue weighted by molar-refractivity contribution is 7.99. The summed E-state index contributed by atoms with van der Waals surface area (Å²) < 4.78 is 0. The second kappa shape index (κ2) is 6.51. The SMILES string of the molecule is Cc1c(Cl)cccc1NC(=O)[C@@H]1C[C@@H]2CSCN2[C@@]12C(=O)Nc1ccccc12. The Kier molecular flexibility index (Phi) is 4.19. The molecule has 0 unspecified atom stereocenters. The van der Waals surface area contributed by atoms with E-state index in [2.05, 4.69) is 15.5 Å². The Balaban J connectivity index is 1.58. The van der Waals surface area contributed by atoms with E-state index in [0.29, 0.717) is 17.1 Å². The van der Waals surface area contributed by atoms with Crippen molar-refractivity contribution in [2.75, 3.05) is 22.3 Å². The molecule has 3 atom stereocenters. The number of thioether (sulfide) groups is 1. The van der Waals surface area contributed by atoms with Gasteiger partial charge in [0.2, 0.25) is 11.8 Å². The molecular formula is C21H20ClN3O2S. The van der Waals surface area contributed by atoms with Crippen molar-refractivity contribution in [2.24, 2.45) is 5.92 Å². The first-order valence-corrected chi connectivity index (χ1v) is 10.9. The topological polar surface area (TPSA) is 61.4 Å². The maximum absolute atomic E-state index is 13.5. The van der Waals surface area contributed by atoms with Gasteiger partial charge in [0, 0.05) is 39.6 Å². The van der Waals surface area contributed by atoms with Gasteiger partial charge < -0.3 is 10.6 Å². The van der Waals surface area contributed by atoms with Crippen molar-refractivity contribution in [3.05, 3.63) is 58.6 Å². The normalized spacial score (nSPS) is 28.3. The number of carbonyl (C=O) groups excluding carboxylic acids is 2. The molecular weight excluding hydrogens is 394 g/mol. The van der Waals surface area contributed by atoms with Crippen molar-refractivity contribution in [3.8, 4) is 0 Å². The van der Waals surface area contributed by atoms with E-state index in [-0.39, 0.29) is 17.9 Å². The molecule has 144 valence electrons. The van der Waals surface area contributed by atoms with Gasteiger partial charge in [-0.2, -0.15) is 0 Å². The van der Waals surface area contributed by atoms with E-state index < -0.39 is 11.5 Å². The molecule has 0 saturated carbocycles. The fourth-order valence-corrected chi connectivity index (χ4v) is 6.34. The lowest BCUT2D eigenvalue weighted by atomic mass is 9.79. The average Bonchev–Trinajstić information content (AvgIpc) is 3.34. The lowest BCUT2D eigenvalue weighted by Crippen LogP contribution is -2.53. The first-order valence-electron chi connectivity index (χ1n) is 9.35. The molecule has 5 nitrogen and oxygen atoms in total. The van der Waals surface area contributed by atoms with Gasteiger partial charge in [-0.15, -0.1) is 11.8 Å². The number of nitrogens with zero attached hydrogens (tertiary/aromatic N) is 1. The van der Waals surface area contributed by atoms with Crippen LogP contribution in [0.2, 0.25) is 5.02 Å². The van der Waals surface area contributed by atoms with Crippen molar-refractivity contribution in [1.29, 1.82) is 0 Å². The van der Waals surface area contributed by atoms with Crippen molar-refractivity contribution < 1.29 is 9.59 Å². The van der Waals surface area contributed by atoms with Crippen molar-refractivity contribution >= 4 is 46.6 Å². The highest BCUT2D eigenvalue weighted by Gasteiger charge is 2.65. The van der Waals surface area contributed by atoms with Crippen LogP contribution < -0.4 is 10.6 Å². The third-order valence-corrected chi connectivity index (χ3v) is 7.71. The number of carbonyl (C=O) groups is 2. The summed E-state index contributed by atoms with van der Waals surface area (Å²) in [6.07, 6.45) is 0.667. The van der Waals surface area contributed by atoms with Crippen LogP contribution in [0.15, 0.2) is 42.5 Å². The third kappa shape index (κ3) is 2.38. The summed E-state index contributed by atoms with van der Waals surface area (Å²) in [5, 5.41) is 6.68. The molecule has 2 aromatic rings. The Morgan fingerprint density at radius 1 is 1.29 bits per heavy atom. The molecule has 0 aliphatic carbocycles. The van der Waals surface area contributed by atoms with E-state index in [9.17, 15) is 9.59 Å². The average molecular weight is 414 g/mol. The summed E-state index contributed by atoms with van der Waals surface area (Å²) in [4.78, 5) is 29.0. The van der Waals surface area contributed by atoms with Gasteiger partial charge in [0.15, 0.2) is 0 Å². The highest BCUT2D eigenvalue weighted by atomic mass is 35.5. The molecule has 7 heteroatoms. The van der Waals surface area contributed by atoms with Crippen LogP contribution in [0.25, 0.3) is 0 Å². The molecule has 2 aromatic carbocycles. The predicted molar refractivity (Wildman–Crippen MR) is 113 cm³/mol. The van der Waals surface area contributed by atoms with E-state index in [1.807, 2.05) is 55.1 Å². The lowest BCUT2D eigenvalue weighted by Gasteiger charge is -2.36. The van der Waals surface area contributed by atoms with E-state index in [4.69, 9.17) is 11.6 Å². The molecule has 0 aromatic heterocycles. The zero-order valence-electron chi connectivity index (χ0n) is 15.4. The van der Waals surface area contributed by atoms with Crippen LogP contribution in [0.3, 0.4) is 0 Å². The molecule has 1 spiro atoms. The number of rotatable bonds is 2. The van der Waals surface area contributed by atoms with Gasteiger partial charge >= 0.3 is 0 Å². The molecule has 3 heterocycles. The number of benzene rings is 2. The van der Waals surface area contributed by atoms with Crippen LogP contribution >= 0.6 is 23.4 Å². The number of nitrogens with one attached hydrogen (secondary N) is 2. The standard InChI is InChI=1S/C21H20ClN3O2S/c1-12-16(22)6-4-8-17(12)23-19(26)15-9-13-10-28-11-25(13)21(15)14-5-2-3-7-18(14)24-20(21)27/h2-8,13,15H,9-11H2,1H3,(H,23,26)(H,24,27)/t13-,15+,21-/m1/s1. The number of fused-ring (bicyclic) bond motifs is 4. The molecule has 3 aliphatic heterocycles. The number of hydrogen-bond donors (Lipinski definition) is 2. The maximum Gasteiger partial charge on any atom is 0.250 e. The molecule has 28 heavy (non-hydrogen) atoms. The molecule has 2 N–H and O–H groups in total. The van der Waals surface area contributed by atoms with E-state index in [0.717, 1.165) is 28.4 Å². The highest BCUT2D eigenvalue weighted by Crippen LogP contribution is 2.55. The first-order chi connectivity index (χ1) is 13.5. The predicted octanol–water partition coefficient (Wildman–Crippen LogP) is 3.83. The minimum absolute atomic E-state index is 0.0957. The minimum Gasteiger partial charge on any atom is -0.325 e. The van der Waals surface area contributed by atoms with Gasteiger partial charge in [-0.05, 0) is 37.1 Å². The van der Waals surface area contributed by atoms with Gasteiger partial charge in [0.1, 0.15) is 5.54 Å². The monoisotopic (exact) mass is 413 g/mol. The molecule has 3 aliphatic rings. The smallest absolute Gasteiger partial charge is 0.250 e. The fraction of sp³-hybridized carbons (Fsp3) is 0.333. The number of halogens is 1. The van der Waals surface area contributed by atoms with Gasteiger partial charge in [0.05, 0.1) is 5.92 Å². The minimum atomic E-state index is -0.943. The van der Waals surface area contributed by atoms with Crippen molar-refractivity contribution in [3.63, 3.8) is 0 Å². The number of anilines is 2. The molecule has 5 rings (SSSR count). The van der Waals surface area contributed by atoms with Crippen LogP contribution in [0, 0.1) is 12.8 Å². The number of amides is 2. The maximum atomic E-state index is 13.5. The van der Waals surface area contributed by atoms with Crippen LogP contribution in [0.1, 0.15) is 17.5 Å². The van der Waals surface area contributed by atoms with Gasteiger partial charge in [-0.1, -0.05) is 35.9 Å². The molecule has 2 saturated heterocycles. The van der Waals surface area contributed by atoms with Crippen LogP contribution in [-0.2, 0) is 15.1 Å². The zero-order chi connectivity index (χ0) is 19.5. The Morgan fingerprint density at radius 3 is 2.96 bits per heavy atom. The van der Waals surface area contributed by atoms with E-state index in [1.54, 1.807) is 6.07 Å². The summed E-state index contributed by atoms with van der Waals surface area (Å²) in [7, 11) is 0. The molecule has 2 amide bonds. The van der Waals surface area contributed by atoms with Gasteiger partial charge in [0.25, 0.3) is 0 Å². The van der Waals surface area contributed by atoms with Crippen LogP contribution in [0.4, 0.5) is 11.4 Å². The second-order valence-electron chi connectivity index (χ2n) is 7.58. The Bertz CT molecular complexity index is 997. The van der Waals surface area contributed by atoms with Crippen LogP contribution in [0.5, 0.6) is 0 Å². The Hall–Kier alpha value is -2.02. The summed E-state index contributed by atoms with van der Waals surface area (Å²) in [6.45, 7) is 1.88. The van der Waals surface area contributed by atoms with Gasteiger partial charge in [-0.25, -0.2) is 0 Å². The molecule has 2 fully saturated rings. The van der Waals surface area contributed by atoms with Gasteiger partial charge in [-0.3, -0.25) is 14.5 Å². The van der Waals surface area contributed by atoms with Crippen LogP contribution in [-0.4, -0.2) is 34.4 Å². The largest absolute Gasteiger partial charge is 0.325 e. The molecule has 0 bridgehead atoms. The van der Waals surface area contributed by atoms with Crippen molar-refractivity contribution in [1.82, 2.24) is 4.90 Å². The Morgan fingerprint density at radius 2 is 2.11 bits per heavy atom. The summed E-state index contributed by atoms with van der Waals surface area (Å²) in [5.74, 6) is 1.02. The lowest BCUT2D eigenvalue weighted by molar-refractivity contribution is -0.134. The fourth-order valence-electron chi connectivity index (χ4n) is 4.87. The Labute approximate surface area is 172 Å². The van der Waals surface area contributed by atoms with Crippen molar-refractivity contribution in [2.45, 2.75) is 24.9 Å². The van der Waals surface area contributed by atoms with E-state index >= 15 is 0 Å². The molecule has 0 radical (unpaired) electrons. The second-order valence-corrected chi connectivity index (χ2v) is 8.99. The quantitative estimate of drug-likeness (QED) is 0.785.